The van der Waals surface area contributed by atoms with Crippen LogP contribution >= 0.6 is 0 Å². The van der Waals surface area contributed by atoms with Gasteiger partial charge < -0.3 is 14.7 Å². The molecule has 1 atom stereocenters. The first-order chi connectivity index (χ1) is 8.65. The molecule has 1 unspecified atom stereocenters. The number of carbonyl (C=O) groups is 2. The van der Waals surface area contributed by atoms with E-state index in [9.17, 15) is 9.59 Å². The van der Waals surface area contributed by atoms with Crippen LogP contribution in [-0.2, 0) is 14.3 Å². The lowest BCUT2D eigenvalue weighted by Gasteiger charge is -2.30. The molecule has 0 spiro atoms. The van der Waals surface area contributed by atoms with Gasteiger partial charge in [0.25, 0.3) is 0 Å². The largest absolute Gasteiger partial charge is 0.481 e. The highest BCUT2D eigenvalue weighted by Crippen LogP contribution is 2.17. The lowest BCUT2D eigenvalue weighted by atomic mass is 9.98. The van der Waals surface area contributed by atoms with E-state index in [1.165, 1.54) is 0 Å². The molecular formula is C13H21NO4. The summed E-state index contributed by atoms with van der Waals surface area (Å²) in [5.74, 6) is -1.18. The van der Waals surface area contributed by atoms with E-state index in [0.717, 1.165) is 6.42 Å². The third-order valence-corrected chi connectivity index (χ3v) is 3.04. The standard InChI is InChI=1S/C13H21NO4/c1-2-8-18-9-4-6-12(15)14-7-3-5-11(10-14)13(16)17/h2,11H,1,3-10H2,(H,16,17). The van der Waals surface area contributed by atoms with Crippen LogP contribution in [0.25, 0.3) is 0 Å². The number of carboxylic acid groups (broad SMARTS) is 1. The summed E-state index contributed by atoms with van der Waals surface area (Å²) in [5, 5.41) is 8.94. The molecule has 1 fully saturated rings. The molecule has 102 valence electrons. The third kappa shape index (κ3) is 4.87. The van der Waals surface area contributed by atoms with Crippen LogP contribution < -0.4 is 0 Å². The maximum absolute atomic E-state index is 11.9. The number of piperidine rings is 1. The van der Waals surface area contributed by atoms with Crippen LogP contribution in [0.4, 0.5) is 0 Å². The number of nitrogens with zero attached hydrogens (tertiary/aromatic N) is 1. The summed E-state index contributed by atoms with van der Waals surface area (Å²) in [4.78, 5) is 24.4. The van der Waals surface area contributed by atoms with Gasteiger partial charge in [0.15, 0.2) is 0 Å². The Morgan fingerprint density at radius 2 is 2.28 bits per heavy atom. The van der Waals surface area contributed by atoms with Crippen LogP contribution in [0.2, 0.25) is 0 Å². The van der Waals surface area contributed by atoms with E-state index in [1.807, 2.05) is 0 Å². The molecule has 0 aromatic rings. The van der Waals surface area contributed by atoms with Crippen LogP contribution in [0.3, 0.4) is 0 Å². The third-order valence-electron chi connectivity index (χ3n) is 3.04. The highest BCUT2D eigenvalue weighted by atomic mass is 16.5. The maximum Gasteiger partial charge on any atom is 0.308 e. The second-order valence-electron chi connectivity index (χ2n) is 4.48. The van der Waals surface area contributed by atoms with E-state index in [1.54, 1.807) is 11.0 Å². The Hall–Kier alpha value is -1.36. The number of rotatable bonds is 7. The summed E-state index contributed by atoms with van der Waals surface area (Å²) < 4.78 is 5.20. The van der Waals surface area contributed by atoms with Gasteiger partial charge in [-0.3, -0.25) is 9.59 Å². The number of carbonyl (C=O) groups excluding carboxylic acids is 1. The Kier molecular flexibility index (Phi) is 6.43. The van der Waals surface area contributed by atoms with Gasteiger partial charge in [-0.05, 0) is 19.3 Å². The SMILES string of the molecule is C=CCOCCCC(=O)N1CCCC(C(=O)O)C1. The Morgan fingerprint density at radius 1 is 1.50 bits per heavy atom. The second kappa shape index (κ2) is 7.87. The van der Waals surface area contributed by atoms with Crippen LogP contribution in [0.15, 0.2) is 12.7 Å². The summed E-state index contributed by atoms with van der Waals surface area (Å²) in [6.45, 7) is 5.60. The van der Waals surface area contributed by atoms with Gasteiger partial charge in [0, 0.05) is 26.1 Å². The average Bonchev–Trinajstić information content (AvgIpc) is 2.38. The molecule has 0 saturated carbocycles. The topological polar surface area (TPSA) is 66.8 Å². The zero-order valence-electron chi connectivity index (χ0n) is 10.6. The lowest BCUT2D eigenvalue weighted by molar-refractivity contribution is -0.145. The zero-order valence-corrected chi connectivity index (χ0v) is 10.6. The van der Waals surface area contributed by atoms with Gasteiger partial charge in [0.05, 0.1) is 12.5 Å². The van der Waals surface area contributed by atoms with Crippen molar-refractivity contribution in [2.24, 2.45) is 5.92 Å². The molecule has 5 heteroatoms. The molecule has 1 saturated heterocycles. The molecule has 1 aliphatic rings. The van der Waals surface area contributed by atoms with Crippen LogP contribution in [0.5, 0.6) is 0 Å². The molecular weight excluding hydrogens is 234 g/mol. The normalized spacial score (nSPS) is 19.6. The van der Waals surface area contributed by atoms with E-state index >= 15 is 0 Å². The van der Waals surface area contributed by atoms with Gasteiger partial charge in [0.2, 0.25) is 5.91 Å². The predicted molar refractivity (Wildman–Crippen MR) is 67.2 cm³/mol. The molecule has 0 aliphatic carbocycles. The zero-order chi connectivity index (χ0) is 13.4. The monoisotopic (exact) mass is 255 g/mol. The average molecular weight is 255 g/mol. The molecule has 1 amide bonds. The van der Waals surface area contributed by atoms with Crippen LogP contribution in [0, 0.1) is 5.92 Å². The molecule has 18 heavy (non-hydrogen) atoms. The highest BCUT2D eigenvalue weighted by molar-refractivity contribution is 5.78. The Bertz CT molecular complexity index is 303. The molecule has 0 aromatic carbocycles. The number of aliphatic carboxylic acids is 1. The summed E-state index contributed by atoms with van der Waals surface area (Å²) in [7, 11) is 0. The van der Waals surface area contributed by atoms with Gasteiger partial charge in [-0.15, -0.1) is 6.58 Å². The summed E-state index contributed by atoms with van der Waals surface area (Å²) in [6, 6.07) is 0. The van der Waals surface area contributed by atoms with E-state index in [2.05, 4.69) is 6.58 Å². The van der Waals surface area contributed by atoms with Gasteiger partial charge in [0.1, 0.15) is 0 Å². The molecule has 0 radical (unpaired) electrons. The van der Waals surface area contributed by atoms with Gasteiger partial charge in [-0.25, -0.2) is 0 Å². The minimum atomic E-state index is -0.804. The van der Waals surface area contributed by atoms with Crippen molar-refractivity contribution in [3.63, 3.8) is 0 Å². The fourth-order valence-electron chi connectivity index (χ4n) is 2.06. The van der Waals surface area contributed by atoms with Gasteiger partial charge in [-0.1, -0.05) is 6.08 Å². The number of carboxylic acids is 1. The second-order valence-corrected chi connectivity index (χ2v) is 4.48. The van der Waals surface area contributed by atoms with E-state index in [4.69, 9.17) is 9.84 Å². The molecule has 5 nitrogen and oxygen atoms in total. The van der Waals surface area contributed by atoms with Crippen LogP contribution in [0.1, 0.15) is 25.7 Å². The molecule has 1 rings (SSSR count). The van der Waals surface area contributed by atoms with E-state index in [0.29, 0.717) is 45.6 Å². The quantitative estimate of drug-likeness (QED) is 0.550. The van der Waals surface area contributed by atoms with Crippen molar-refractivity contribution in [3.05, 3.63) is 12.7 Å². The molecule has 1 heterocycles. The summed E-state index contributed by atoms with van der Waals surface area (Å²) >= 11 is 0. The predicted octanol–water partition coefficient (Wildman–Crippen LogP) is 1.29. The van der Waals surface area contributed by atoms with Crippen molar-refractivity contribution in [3.8, 4) is 0 Å². The molecule has 0 aromatic heterocycles. The van der Waals surface area contributed by atoms with E-state index in [-0.39, 0.29) is 5.91 Å². The Morgan fingerprint density at radius 3 is 2.94 bits per heavy atom. The number of ether oxygens (including phenoxy) is 1. The minimum Gasteiger partial charge on any atom is -0.481 e. The van der Waals surface area contributed by atoms with Crippen molar-refractivity contribution in [2.75, 3.05) is 26.3 Å². The summed E-state index contributed by atoms with van der Waals surface area (Å²) in [5.41, 5.74) is 0. The smallest absolute Gasteiger partial charge is 0.308 e. The van der Waals surface area contributed by atoms with Crippen molar-refractivity contribution in [1.29, 1.82) is 0 Å². The van der Waals surface area contributed by atoms with Crippen molar-refractivity contribution in [2.45, 2.75) is 25.7 Å². The van der Waals surface area contributed by atoms with Crippen molar-refractivity contribution in [1.82, 2.24) is 4.90 Å². The van der Waals surface area contributed by atoms with Gasteiger partial charge in [-0.2, -0.15) is 0 Å². The fourth-order valence-corrected chi connectivity index (χ4v) is 2.06. The number of likely N-dealkylation sites (tertiary alicyclic amines) is 1. The minimum absolute atomic E-state index is 0.0307. The van der Waals surface area contributed by atoms with Crippen molar-refractivity contribution < 1.29 is 19.4 Å². The maximum atomic E-state index is 11.9. The van der Waals surface area contributed by atoms with Gasteiger partial charge >= 0.3 is 5.97 Å². The molecule has 1 N–H and O–H groups in total. The number of hydrogen-bond donors (Lipinski definition) is 1. The van der Waals surface area contributed by atoms with Crippen molar-refractivity contribution >= 4 is 11.9 Å². The molecule has 1 aliphatic heterocycles. The molecule has 0 bridgehead atoms. The first-order valence-electron chi connectivity index (χ1n) is 6.34. The Balaban J connectivity index is 2.24. The number of hydrogen-bond acceptors (Lipinski definition) is 3. The van der Waals surface area contributed by atoms with E-state index < -0.39 is 11.9 Å². The highest BCUT2D eigenvalue weighted by Gasteiger charge is 2.27. The van der Waals surface area contributed by atoms with Crippen LogP contribution in [-0.4, -0.2) is 48.2 Å². The lowest BCUT2D eigenvalue weighted by Crippen LogP contribution is -2.42. The number of amides is 1. The first-order valence-corrected chi connectivity index (χ1v) is 6.34. The fraction of sp³-hybridized carbons (Fsp3) is 0.692. The first kappa shape index (κ1) is 14.7. The Labute approximate surface area is 107 Å². The summed E-state index contributed by atoms with van der Waals surface area (Å²) in [6.07, 6.45) is 4.20.